The van der Waals surface area contributed by atoms with E-state index < -0.39 is 23.2 Å². The molecule has 0 saturated heterocycles. The highest BCUT2D eigenvalue weighted by molar-refractivity contribution is 5.91. The van der Waals surface area contributed by atoms with E-state index in [4.69, 9.17) is 5.11 Å². The molecule has 0 radical (unpaired) electrons. The number of benzene rings is 1. The summed E-state index contributed by atoms with van der Waals surface area (Å²) < 4.78 is 0. The topological polar surface area (TPSA) is 66.4 Å². The van der Waals surface area contributed by atoms with Gasteiger partial charge >= 0.3 is 5.97 Å². The van der Waals surface area contributed by atoms with Gasteiger partial charge in [-0.05, 0) is 37.3 Å². The Bertz CT molecular complexity index is 592. The number of carbonyl (C=O) groups excluding carboxylic acids is 1. The second-order valence-electron chi connectivity index (χ2n) is 6.71. The van der Waals surface area contributed by atoms with Crippen molar-refractivity contribution in [1.82, 2.24) is 5.32 Å². The summed E-state index contributed by atoms with van der Waals surface area (Å²) in [5, 5.41) is 12.1. The van der Waals surface area contributed by atoms with Gasteiger partial charge in [0.2, 0.25) is 5.91 Å². The molecule has 3 atom stereocenters. The van der Waals surface area contributed by atoms with Crippen LogP contribution in [0.5, 0.6) is 0 Å². The molecule has 1 amide bonds. The zero-order valence-corrected chi connectivity index (χ0v) is 13.2. The molecule has 2 N–H and O–H groups in total. The van der Waals surface area contributed by atoms with Crippen LogP contribution in [-0.4, -0.2) is 17.0 Å². The Kier molecular flexibility index (Phi) is 3.83. The maximum Gasteiger partial charge on any atom is 0.307 e. The molecule has 0 aliphatic heterocycles. The van der Waals surface area contributed by atoms with Crippen molar-refractivity contribution in [2.24, 2.45) is 17.3 Å². The van der Waals surface area contributed by atoms with Crippen LogP contribution in [-0.2, 0) is 9.59 Å². The number of rotatable bonds is 4. The summed E-state index contributed by atoms with van der Waals surface area (Å²) in [6, 6.07) is 6.00. The quantitative estimate of drug-likeness (QED) is 0.895. The first-order valence-electron chi connectivity index (χ1n) is 7.26. The lowest BCUT2D eigenvalue weighted by Crippen LogP contribution is -2.30. The summed E-state index contributed by atoms with van der Waals surface area (Å²) >= 11 is 0. The van der Waals surface area contributed by atoms with E-state index in [-0.39, 0.29) is 11.9 Å². The average Bonchev–Trinajstić information content (AvgIpc) is 2.92. The first-order valence-corrected chi connectivity index (χ1v) is 7.26. The highest BCUT2D eigenvalue weighted by atomic mass is 16.4. The minimum Gasteiger partial charge on any atom is -0.481 e. The monoisotopic (exact) mass is 289 g/mol. The first kappa shape index (κ1) is 15.5. The number of hydrogen-bond acceptors (Lipinski definition) is 2. The fraction of sp³-hybridized carbons (Fsp3) is 0.529. The largest absolute Gasteiger partial charge is 0.481 e. The number of amides is 1. The van der Waals surface area contributed by atoms with E-state index in [0.29, 0.717) is 0 Å². The average molecular weight is 289 g/mol. The van der Waals surface area contributed by atoms with Gasteiger partial charge in [-0.25, -0.2) is 0 Å². The molecule has 1 aromatic carbocycles. The van der Waals surface area contributed by atoms with Crippen molar-refractivity contribution in [1.29, 1.82) is 0 Å². The Hall–Kier alpha value is -1.84. The van der Waals surface area contributed by atoms with Crippen molar-refractivity contribution < 1.29 is 14.7 Å². The highest BCUT2D eigenvalue weighted by Gasteiger charge is 2.65. The molecular formula is C17H23NO3. The summed E-state index contributed by atoms with van der Waals surface area (Å²) in [4.78, 5) is 23.5. The van der Waals surface area contributed by atoms with E-state index in [1.165, 1.54) is 5.56 Å². The van der Waals surface area contributed by atoms with E-state index in [1.807, 2.05) is 46.8 Å². The summed E-state index contributed by atoms with van der Waals surface area (Å²) in [6.45, 7) is 9.65. The van der Waals surface area contributed by atoms with Crippen molar-refractivity contribution in [3.8, 4) is 0 Å². The minimum absolute atomic E-state index is 0.121. The van der Waals surface area contributed by atoms with Gasteiger partial charge in [0.1, 0.15) is 0 Å². The van der Waals surface area contributed by atoms with E-state index >= 15 is 0 Å². The molecule has 21 heavy (non-hydrogen) atoms. The van der Waals surface area contributed by atoms with Gasteiger partial charge in [0.05, 0.1) is 17.9 Å². The van der Waals surface area contributed by atoms with Crippen LogP contribution < -0.4 is 5.32 Å². The zero-order chi connectivity index (χ0) is 15.9. The van der Waals surface area contributed by atoms with Gasteiger partial charge in [0.25, 0.3) is 0 Å². The van der Waals surface area contributed by atoms with Gasteiger partial charge in [-0.1, -0.05) is 37.6 Å². The molecule has 1 saturated carbocycles. The Morgan fingerprint density at radius 1 is 1.24 bits per heavy atom. The molecule has 1 aliphatic carbocycles. The standard InChI is InChI=1S/C17H23NO3/c1-9-6-7-12(10(2)8-9)11(3)18-15(19)13-14(16(20)21)17(13,4)5/h6-8,11,13-14H,1-5H3,(H,18,19)(H,20,21). The smallest absolute Gasteiger partial charge is 0.307 e. The van der Waals surface area contributed by atoms with Gasteiger partial charge in [-0.15, -0.1) is 0 Å². The Morgan fingerprint density at radius 3 is 2.33 bits per heavy atom. The molecule has 2 rings (SSSR count). The van der Waals surface area contributed by atoms with Crippen LogP contribution in [0.1, 0.15) is 43.5 Å². The fourth-order valence-corrected chi connectivity index (χ4v) is 3.28. The van der Waals surface area contributed by atoms with E-state index in [0.717, 1.165) is 11.1 Å². The van der Waals surface area contributed by atoms with Gasteiger partial charge in [0, 0.05) is 0 Å². The lowest BCUT2D eigenvalue weighted by Gasteiger charge is -2.17. The summed E-state index contributed by atoms with van der Waals surface area (Å²) in [5.41, 5.74) is 2.92. The highest BCUT2D eigenvalue weighted by Crippen LogP contribution is 2.58. The Balaban J connectivity index is 2.08. The predicted molar refractivity (Wildman–Crippen MR) is 80.9 cm³/mol. The number of nitrogens with one attached hydrogen (secondary N) is 1. The van der Waals surface area contributed by atoms with Crippen LogP contribution in [0.15, 0.2) is 18.2 Å². The van der Waals surface area contributed by atoms with E-state index in [1.54, 1.807) is 0 Å². The predicted octanol–water partition coefficient (Wildman–Crippen LogP) is 2.84. The van der Waals surface area contributed by atoms with Crippen LogP contribution >= 0.6 is 0 Å². The van der Waals surface area contributed by atoms with E-state index in [9.17, 15) is 9.59 Å². The Morgan fingerprint density at radius 2 is 1.86 bits per heavy atom. The van der Waals surface area contributed by atoms with Crippen molar-refractivity contribution in [2.45, 2.75) is 40.7 Å². The van der Waals surface area contributed by atoms with Crippen molar-refractivity contribution in [3.05, 3.63) is 34.9 Å². The third kappa shape index (κ3) is 2.80. The zero-order valence-electron chi connectivity index (χ0n) is 13.2. The molecule has 114 valence electrons. The third-order valence-electron chi connectivity index (χ3n) is 4.63. The minimum atomic E-state index is -0.890. The molecule has 0 bridgehead atoms. The number of carboxylic acids is 1. The molecule has 0 aromatic heterocycles. The normalized spacial score (nSPS) is 24.2. The molecule has 4 heteroatoms. The lowest BCUT2D eigenvalue weighted by atomic mass is 10.00. The van der Waals surface area contributed by atoms with Crippen LogP contribution in [0.2, 0.25) is 0 Å². The number of hydrogen-bond donors (Lipinski definition) is 2. The summed E-state index contributed by atoms with van der Waals surface area (Å²) in [7, 11) is 0. The van der Waals surface area contributed by atoms with Gasteiger partial charge in [-0.3, -0.25) is 9.59 Å². The summed E-state index contributed by atoms with van der Waals surface area (Å²) in [6.07, 6.45) is 0. The van der Waals surface area contributed by atoms with Gasteiger partial charge in [-0.2, -0.15) is 0 Å². The third-order valence-corrected chi connectivity index (χ3v) is 4.63. The molecule has 1 aliphatic rings. The molecule has 0 heterocycles. The lowest BCUT2D eigenvalue weighted by molar-refractivity contribution is -0.140. The molecule has 1 fully saturated rings. The molecule has 3 unspecified atom stereocenters. The number of aliphatic carboxylic acids is 1. The Labute approximate surface area is 125 Å². The SMILES string of the molecule is Cc1ccc(C(C)NC(=O)C2C(C(=O)O)C2(C)C)c(C)c1. The van der Waals surface area contributed by atoms with Crippen LogP contribution in [0.4, 0.5) is 0 Å². The first-order chi connectivity index (χ1) is 9.66. The second-order valence-corrected chi connectivity index (χ2v) is 6.71. The molecule has 1 aromatic rings. The maximum absolute atomic E-state index is 12.3. The van der Waals surface area contributed by atoms with Gasteiger partial charge < -0.3 is 10.4 Å². The van der Waals surface area contributed by atoms with E-state index in [2.05, 4.69) is 11.4 Å². The number of aryl methyl sites for hydroxylation is 2. The summed E-state index contributed by atoms with van der Waals surface area (Å²) in [5.74, 6) is -2.08. The van der Waals surface area contributed by atoms with Crippen LogP contribution in [0.25, 0.3) is 0 Å². The maximum atomic E-state index is 12.3. The molecular weight excluding hydrogens is 266 g/mol. The molecule has 4 nitrogen and oxygen atoms in total. The van der Waals surface area contributed by atoms with Crippen molar-refractivity contribution in [3.63, 3.8) is 0 Å². The number of carboxylic acid groups (broad SMARTS) is 1. The second kappa shape index (κ2) is 5.17. The fourth-order valence-electron chi connectivity index (χ4n) is 3.28. The van der Waals surface area contributed by atoms with Gasteiger partial charge in [0.15, 0.2) is 0 Å². The van der Waals surface area contributed by atoms with Crippen LogP contribution in [0, 0.1) is 31.1 Å². The number of carbonyl (C=O) groups is 2. The molecule has 0 spiro atoms. The van der Waals surface area contributed by atoms with Crippen LogP contribution in [0.3, 0.4) is 0 Å². The van der Waals surface area contributed by atoms with Crippen molar-refractivity contribution in [2.75, 3.05) is 0 Å². The van der Waals surface area contributed by atoms with Crippen molar-refractivity contribution >= 4 is 11.9 Å².